The van der Waals surface area contributed by atoms with Crippen molar-refractivity contribution in [1.82, 2.24) is 9.88 Å². The third-order valence-corrected chi connectivity index (χ3v) is 5.00. The fourth-order valence-corrected chi connectivity index (χ4v) is 3.38. The molecule has 3 aromatic rings. The number of carbonyl (C=O) groups excluding carboxylic acids is 2. The van der Waals surface area contributed by atoms with Gasteiger partial charge in [-0.3, -0.25) is 9.59 Å². The lowest BCUT2D eigenvalue weighted by Crippen LogP contribution is -2.27. The number of hydrogen-bond acceptors (Lipinski definition) is 3. The van der Waals surface area contributed by atoms with Gasteiger partial charge in [-0.15, -0.1) is 0 Å². The van der Waals surface area contributed by atoms with Crippen LogP contribution in [0, 0.1) is 6.92 Å². The van der Waals surface area contributed by atoms with Crippen molar-refractivity contribution >= 4 is 11.7 Å². The van der Waals surface area contributed by atoms with E-state index in [0.29, 0.717) is 18.7 Å². The Morgan fingerprint density at radius 1 is 1.03 bits per heavy atom. The van der Waals surface area contributed by atoms with Crippen LogP contribution in [0.4, 0.5) is 0 Å². The van der Waals surface area contributed by atoms with Crippen LogP contribution in [-0.2, 0) is 17.9 Å². The number of aromatic nitrogens is 1. The summed E-state index contributed by atoms with van der Waals surface area (Å²) in [6.45, 7) is 6.78. The Hall–Kier alpha value is -3.34. The normalized spacial score (nSPS) is 10.6. The maximum atomic E-state index is 12.7. The zero-order valence-corrected chi connectivity index (χ0v) is 17.8. The summed E-state index contributed by atoms with van der Waals surface area (Å²) in [4.78, 5) is 24.7. The fourth-order valence-electron chi connectivity index (χ4n) is 3.38. The topological polar surface area (TPSA) is 60.3 Å². The first-order chi connectivity index (χ1) is 14.5. The van der Waals surface area contributed by atoms with Gasteiger partial charge < -0.3 is 14.6 Å². The molecule has 1 N–H and O–H groups in total. The quantitative estimate of drug-likeness (QED) is 0.523. The molecule has 0 fully saturated rings. The largest absolute Gasteiger partial charge is 0.494 e. The number of carbonyl (C=O) groups is 2. The minimum absolute atomic E-state index is 0.00535. The van der Waals surface area contributed by atoms with E-state index in [2.05, 4.69) is 12.2 Å². The van der Waals surface area contributed by atoms with Crippen LogP contribution >= 0.6 is 0 Å². The van der Waals surface area contributed by atoms with Crippen molar-refractivity contribution in [1.29, 1.82) is 0 Å². The van der Waals surface area contributed by atoms with E-state index in [1.807, 2.05) is 72.2 Å². The number of ketones is 1. The molecule has 0 atom stereocenters. The van der Waals surface area contributed by atoms with E-state index in [1.54, 1.807) is 6.92 Å². The Balaban J connectivity index is 1.71. The number of Topliss-reactive ketones (excluding diaryl/α,β-unsaturated/α-hetero) is 1. The third-order valence-electron chi connectivity index (χ3n) is 5.00. The monoisotopic (exact) mass is 404 g/mol. The molecule has 1 amide bonds. The molecule has 0 aliphatic carbocycles. The van der Waals surface area contributed by atoms with E-state index >= 15 is 0 Å². The predicted molar refractivity (Wildman–Crippen MR) is 119 cm³/mol. The van der Waals surface area contributed by atoms with Gasteiger partial charge in [-0.25, -0.2) is 0 Å². The highest BCUT2D eigenvalue weighted by atomic mass is 16.5. The molecule has 1 heterocycles. The van der Waals surface area contributed by atoms with Gasteiger partial charge in [0.05, 0.1) is 6.61 Å². The Morgan fingerprint density at radius 2 is 1.73 bits per heavy atom. The SMILES string of the molecule is CCCOc1ccc(CNC(=O)Cn2c(-c3ccccc3)cc(C(C)=O)c2C)cc1. The van der Waals surface area contributed by atoms with Crippen molar-refractivity contribution in [2.45, 2.75) is 40.3 Å². The average molecular weight is 405 g/mol. The van der Waals surface area contributed by atoms with Crippen LogP contribution in [0.5, 0.6) is 5.75 Å². The third kappa shape index (κ3) is 5.17. The van der Waals surface area contributed by atoms with Crippen LogP contribution < -0.4 is 10.1 Å². The summed E-state index contributed by atoms with van der Waals surface area (Å²) in [5, 5.41) is 2.97. The lowest BCUT2D eigenvalue weighted by atomic mass is 10.1. The zero-order valence-electron chi connectivity index (χ0n) is 17.8. The standard InChI is InChI=1S/C25H28N2O3/c1-4-14-30-22-12-10-20(11-13-22)16-26-25(29)17-27-18(2)23(19(3)28)15-24(27)21-8-6-5-7-9-21/h5-13,15H,4,14,16-17H2,1-3H3,(H,26,29). The molecule has 0 aliphatic heterocycles. The molecule has 0 aliphatic rings. The number of rotatable bonds is 9. The second-order valence-corrected chi connectivity index (χ2v) is 7.31. The minimum atomic E-state index is -0.104. The van der Waals surface area contributed by atoms with Crippen molar-refractivity contribution in [3.05, 3.63) is 77.5 Å². The van der Waals surface area contributed by atoms with Gasteiger partial charge in [-0.1, -0.05) is 49.4 Å². The smallest absolute Gasteiger partial charge is 0.240 e. The van der Waals surface area contributed by atoms with Gasteiger partial charge in [0.1, 0.15) is 12.3 Å². The van der Waals surface area contributed by atoms with Crippen molar-refractivity contribution in [2.24, 2.45) is 0 Å². The molecule has 1 aromatic heterocycles. The molecule has 2 aromatic carbocycles. The van der Waals surface area contributed by atoms with Crippen LogP contribution in [0.2, 0.25) is 0 Å². The number of amides is 1. The van der Waals surface area contributed by atoms with Crippen LogP contribution in [0.1, 0.15) is 41.9 Å². The summed E-state index contributed by atoms with van der Waals surface area (Å²) in [6.07, 6.45) is 0.965. The lowest BCUT2D eigenvalue weighted by Gasteiger charge is -2.13. The second-order valence-electron chi connectivity index (χ2n) is 7.31. The van der Waals surface area contributed by atoms with Gasteiger partial charge >= 0.3 is 0 Å². The molecule has 5 heteroatoms. The first-order valence-corrected chi connectivity index (χ1v) is 10.2. The summed E-state index contributed by atoms with van der Waals surface area (Å²) < 4.78 is 7.49. The summed E-state index contributed by atoms with van der Waals surface area (Å²) >= 11 is 0. The van der Waals surface area contributed by atoms with Gasteiger partial charge in [-0.2, -0.15) is 0 Å². The van der Waals surface area contributed by atoms with Gasteiger partial charge in [-0.05, 0) is 49.6 Å². The van der Waals surface area contributed by atoms with E-state index < -0.39 is 0 Å². The number of hydrogen-bond donors (Lipinski definition) is 1. The number of nitrogens with one attached hydrogen (secondary N) is 1. The molecule has 5 nitrogen and oxygen atoms in total. The summed E-state index contributed by atoms with van der Waals surface area (Å²) in [5.41, 5.74) is 4.29. The molecule has 30 heavy (non-hydrogen) atoms. The maximum Gasteiger partial charge on any atom is 0.240 e. The van der Waals surface area contributed by atoms with Gasteiger partial charge in [0.2, 0.25) is 5.91 Å². The van der Waals surface area contributed by atoms with Crippen LogP contribution in [-0.4, -0.2) is 22.9 Å². The van der Waals surface area contributed by atoms with Crippen LogP contribution in [0.25, 0.3) is 11.3 Å². The highest BCUT2D eigenvalue weighted by Crippen LogP contribution is 2.26. The highest BCUT2D eigenvalue weighted by molar-refractivity contribution is 5.97. The maximum absolute atomic E-state index is 12.7. The van der Waals surface area contributed by atoms with E-state index in [-0.39, 0.29) is 18.2 Å². The van der Waals surface area contributed by atoms with Crippen molar-refractivity contribution in [2.75, 3.05) is 6.61 Å². The van der Waals surface area contributed by atoms with Crippen molar-refractivity contribution < 1.29 is 14.3 Å². The molecule has 0 unspecified atom stereocenters. The number of benzene rings is 2. The average Bonchev–Trinajstić information content (AvgIpc) is 3.08. The molecule has 0 bridgehead atoms. The summed E-state index contributed by atoms with van der Waals surface area (Å²) in [6, 6.07) is 19.4. The molecule has 0 saturated heterocycles. The van der Waals surface area contributed by atoms with Crippen LogP contribution in [0.15, 0.2) is 60.7 Å². The summed E-state index contributed by atoms with van der Waals surface area (Å²) in [5.74, 6) is 0.723. The molecule has 0 saturated carbocycles. The van der Waals surface area contributed by atoms with Gasteiger partial charge in [0, 0.05) is 23.5 Å². The molecular formula is C25H28N2O3. The molecule has 0 spiro atoms. The van der Waals surface area contributed by atoms with Crippen LogP contribution in [0.3, 0.4) is 0 Å². The molecular weight excluding hydrogens is 376 g/mol. The van der Waals surface area contributed by atoms with E-state index in [9.17, 15) is 9.59 Å². The number of ether oxygens (including phenoxy) is 1. The Labute approximate surface area is 177 Å². The van der Waals surface area contributed by atoms with E-state index in [0.717, 1.165) is 34.7 Å². The Kier molecular flexibility index (Phi) is 7.07. The first kappa shape index (κ1) is 21.4. The highest BCUT2D eigenvalue weighted by Gasteiger charge is 2.18. The van der Waals surface area contributed by atoms with E-state index in [4.69, 9.17) is 4.74 Å². The van der Waals surface area contributed by atoms with Gasteiger partial charge in [0.15, 0.2) is 5.78 Å². The predicted octanol–water partition coefficient (Wildman–Crippen LogP) is 4.77. The van der Waals surface area contributed by atoms with Gasteiger partial charge in [0.25, 0.3) is 0 Å². The fraction of sp³-hybridized carbons (Fsp3) is 0.280. The zero-order chi connectivity index (χ0) is 21.5. The van der Waals surface area contributed by atoms with Crippen molar-refractivity contribution in [3.63, 3.8) is 0 Å². The summed E-state index contributed by atoms with van der Waals surface area (Å²) in [7, 11) is 0. The number of nitrogens with zero attached hydrogens (tertiary/aromatic N) is 1. The second kappa shape index (κ2) is 9.92. The first-order valence-electron chi connectivity index (χ1n) is 10.2. The lowest BCUT2D eigenvalue weighted by molar-refractivity contribution is -0.121. The molecule has 0 radical (unpaired) electrons. The Bertz CT molecular complexity index is 1000. The molecule has 156 valence electrons. The minimum Gasteiger partial charge on any atom is -0.494 e. The van der Waals surface area contributed by atoms with E-state index in [1.165, 1.54) is 0 Å². The molecule has 3 rings (SSSR count). The van der Waals surface area contributed by atoms with Crippen molar-refractivity contribution in [3.8, 4) is 17.0 Å². The Morgan fingerprint density at radius 3 is 2.37 bits per heavy atom.